The Morgan fingerprint density at radius 2 is 1.41 bits per heavy atom. The van der Waals surface area contributed by atoms with E-state index in [9.17, 15) is 40.3 Å². The van der Waals surface area contributed by atoms with E-state index >= 15 is 0 Å². The number of thioether (sulfide) groups is 1. The van der Waals surface area contributed by atoms with Crippen molar-refractivity contribution in [3.8, 4) is 0 Å². The molecule has 5 aromatic rings. The number of allylic oxidation sites excluding steroid dienone is 7. The first kappa shape index (κ1) is 49.8. The Morgan fingerprint density at radius 1 is 0.761 bits per heavy atom. The lowest BCUT2D eigenvalue weighted by Crippen LogP contribution is -2.32. The summed E-state index contributed by atoms with van der Waals surface area (Å²) in [6.07, 6.45) is 11.2. The van der Waals surface area contributed by atoms with Gasteiger partial charge in [-0.05, 0) is 120 Å². The second-order valence-corrected chi connectivity index (χ2v) is 23.6. The average molecular weight is 1010 g/mol. The predicted molar refractivity (Wildman–Crippen MR) is 276 cm³/mol. The van der Waals surface area contributed by atoms with E-state index in [4.69, 9.17) is 4.84 Å². The van der Waals surface area contributed by atoms with Gasteiger partial charge in [-0.15, -0.1) is 5.06 Å². The van der Waals surface area contributed by atoms with Crippen molar-refractivity contribution >= 4 is 88.4 Å². The number of hydroxylamine groups is 2. The van der Waals surface area contributed by atoms with Gasteiger partial charge in [0.15, 0.2) is 5.71 Å². The van der Waals surface area contributed by atoms with Crippen molar-refractivity contribution in [3.63, 3.8) is 0 Å². The SMILES string of the molecule is CC1(C)C(/C=C/C2=C(Sc3ccc(C(=O)ON4C(=O)CCC4=O)cc3)C(=C/C=C3/N(CCCS(=O)(=O)[O-])c4ccc5ccccc5c4C3(C)C)/CCC2)=[N+](CCCS(=O)(=O)O)c2ccc3ccccc3c21. The molecule has 1 N–H and O–H groups in total. The summed E-state index contributed by atoms with van der Waals surface area (Å²) in [5.41, 5.74) is 7.36. The van der Waals surface area contributed by atoms with Crippen molar-refractivity contribution in [2.75, 3.05) is 29.5 Å². The molecule has 1 fully saturated rings. The summed E-state index contributed by atoms with van der Waals surface area (Å²) in [5, 5.41) is 4.90. The largest absolute Gasteiger partial charge is 0.748 e. The molecule has 0 unspecified atom stereocenters. The minimum atomic E-state index is -4.44. The summed E-state index contributed by atoms with van der Waals surface area (Å²) in [4.78, 5) is 46.6. The van der Waals surface area contributed by atoms with E-state index in [0.717, 1.165) is 95.7 Å². The van der Waals surface area contributed by atoms with Gasteiger partial charge in [-0.25, -0.2) is 13.2 Å². The van der Waals surface area contributed by atoms with Crippen LogP contribution < -0.4 is 4.90 Å². The lowest BCUT2D eigenvalue weighted by atomic mass is 9.78. The Morgan fingerprint density at radius 3 is 2.07 bits per heavy atom. The molecule has 3 aliphatic heterocycles. The maximum Gasteiger partial charge on any atom is 0.363 e. The number of hydrogen-bond acceptors (Lipinski definition) is 11. The lowest BCUT2D eigenvalue weighted by Gasteiger charge is -2.28. The summed E-state index contributed by atoms with van der Waals surface area (Å²) in [6.45, 7) is 9.35. The van der Waals surface area contributed by atoms with Gasteiger partial charge >= 0.3 is 5.97 Å². The van der Waals surface area contributed by atoms with Crippen molar-refractivity contribution in [3.05, 3.63) is 160 Å². The van der Waals surface area contributed by atoms with Gasteiger partial charge in [0.1, 0.15) is 6.54 Å². The Hall–Kier alpha value is -6.17. The molecule has 5 aromatic carbocycles. The number of hydrogen-bond donors (Lipinski definition) is 1. The van der Waals surface area contributed by atoms with E-state index in [1.165, 1.54) is 0 Å². The third-order valence-corrected chi connectivity index (χ3v) is 16.7. The molecule has 368 valence electrons. The third kappa shape index (κ3) is 10.2. The van der Waals surface area contributed by atoms with E-state index in [-0.39, 0.29) is 37.0 Å². The van der Waals surface area contributed by atoms with Crippen LogP contribution in [0.3, 0.4) is 0 Å². The first-order chi connectivity index (χ1) is 33.7. The number of carbonyl (C=O) groups is 3. The highest BCUT2D eigenvalue weighted by Gasteiger charge is 2.46. The summed E-state index contributed by atoms with van der Waals surface area (Å²) in [7, 11) is -8.63. The number of benzene rings is 5. The van der Waals surface area contributed by atoms with E-state index < -0.39 is 54.6 Å². The fraction of sp³-hybridized carbons (Fsp3) is 0.309. The van der Waals surface area contributed by atoms with Gasteiger partial charge in [0.2, 0.25) is 5.69 Å². The molecule has 4 aliphatic rings. The van der Waals surface area contributed by atoms with Crippen LogP contribution in [0.2, 0.25) is 0 Å². The van der Waals surface area contributed by atoms with Crippen LogP contribution in [0.1, 0.15) is 94.1 Å². The van der Waals surface area contributed by atoms with Gasteiger partial charge in [0.25, 0.3) is 21.9 Å². The van der Waals surface area contributed by atoms with E-state index in [1.54, 1.807) is 36.0 Å². The zero-order chi connectivity index (χ0) is 50.5. The maximum atomic E-state index is 13.1. The van der Waals surface area contributed by atoms with Gasteiger partial charge in [-0.3, -0.25) is 14.1 Å². The Kier molecular flexibility index (Phi) is 13.6. The minimum absolute atomic E-state index is 0.0160. The Bertz CT molecular complexity index is 3410. The van der Waals surface area contributed by atoms with Gasteiger partial charge < -0.3 is 14.3 Å². The molecule has 0 aromatic heterocycles. The Labute approximate surface area is 418 Å². The second-order valence-electron chi connectivity index (χ2n) is 19.4. The topological polar surface area (TPSA) is 182 Å². The molecule has 0 bridgehead atoms. The van der Waals surface area contributed by atoms with Crippen molar-refractivity contribution < 1.29 is 49.7 Å². The molecule has 1 aliphatic carbocycles. The first-order valence-corrected chi connectivity index (χ1v) is 27.8. The molecule has 9 rings (SSSR count). The fourth-order valence-corrected chi connectivity index (χ4v) is 12.7. The molecule has 0 radical (unpaired) electrons. The first-order valence-electron chi connectivity index (χ1n) is 23.8. The normalized spacial score (nSPS) is 19.1. The smallest absolute Gasteiger partial charge is 0.363 e. The predicted octanol–water partition coefficient (Wildman–Crippen LogP) is 10.2. The number of anilines is 1. The molecular formula is C55H55N3O10S3. The number of carbonyl (C=O) groups excluding carboxylic acids is 3. The van der Waals surface area contributed by atoms with Crippen LogP contribution in [0.15, 0.2) is 148 Å². The zero-order valence-electron chi connectivity index (χ0n) is 40.0. The molecule has 1 saturated heterocycles. The van der Waals surface area contributed by atoms with Gasteiger partial charge in [-0.2, -0.15) is 13.0 Å². The molecule has 71 heavy (non-hydrogen) atoms. The van der Waals surface area contributed by atoms with Gasteiger partial charge in [-0.1, -0.05) is 92.4 Å². The molecule has 3 heterocycles. The number of fused-ring (bicyclic) bond motifs is 6. The Balaban J connectivity index is 1.14. The minimum Gasteiger partial charge on any atom is -0.748 e. The summed E-state index contributed by atoms with van der Waals surface area (Å²) in [5.74, 6) is -2.82. The molecule has 13 nitrogen and oxygen atoms in total. The van der Waals surface area contributed by atoms with Crippen LogP contribution in [0.5, 0.6) is 0 Å². The zero-order valence-corrected chi connectivity index (χ0v) is 42.5. The molecular weight excluding hydrogens is 959 g/mol. The van der Waals surface area contributed by atoms with Crippen LogP contribution in [-0.4, -0.2) is 83.7 Å². The summed E-state index contributed by atoms with van der Waals surface area (Å²) in [6, 6.07) is 31.5. The monoisotopic (exact) mass is 1010 g/mol. The number of nitrogens with zero attached hydrogens (tertiary/aromatic N) is 3. The van der Waals surface area contributed by atoms with E-state index in [0.29, 0.717) is 18.2 Å². The highest BCUT2D eigenvalue weighted by molar-refractivity contribution is 8.03. The van der Waals surface area contributed by atoms with Crippen molar-refractivity contribution in [2.24, 2.45) is 0 Å². The molecule has 0 saturated carbocycles. The van der Waals surface area contributed by atoms with Crippen LogP contribution in [0, 0.1) is 0 Å². The third-order valence-electron chi connectivity index (χ3n) is 13.9. The highest BCUT2D eigenvalue weighted by atomic mass is 32.2. The van der Waals surface area contributed by atoms with E-state index in [1.807, 2.05) is 24.3 Å². The van der Waals surface area contributed by atoms with Crippen LogP contribution in [0.25, 0.3) is 21.5 Å². The van der Waals surface area contributed by atoms with Gasteiger partial charge in [0.05, 0.1) is 26.8 Å². The lowest BCUT2D eigenvalue weighted by molar-refractivity contribution is -0.437. The van der Waals surface area contributed by atoms with Crippen molar-refractivity contribution in [2.45, 2.75) is 88.4 Å². The molecule has 16 heteroatoms. The fourth-order valence-electron chi connectivity index (χ4n) is 10.6. The maximum absolute atomic E-state index is 13.1. The van der Waals surface area contributed by atoms with Gasteiger partial charge in [0, 0.05) is 75.9 Å². The van der Waals surface area contributed by atoms with Crippen molar-refractivity contribution in [1.82, 2.24) is 5.06 Å². The van der Waals surface area contributed by atoms with Crippen LogP contribution >= 0.6 is 11.8 Å². The van der Waals surface area contributed by atoms with Crippen LogP contribution in [-0.2, 0) is 45.5 Å². The second kappa shape index (κ2) is 19.4. The summed E-state index contributed by atoms with van der Waals surface area (Å²) < 4.78 is 71.2. The quantitative estimate of drug-likeness (QED) is 0.0596. The van der Waals surface area contributed by atoms with Crippen LogP contribution in [0.4, 0.5) is 11.4 Å². The number of rotatable bonds is 15. The number of imide groups is 1. The molecule has 0 spiro atoms. The van der Waals surface area contributed by atoms with E-state index in [2.05, 4.69) is 110 Å². The molecule has 2 amide bonds. The van der Waals surface area contributed by atoms with Crippen molar-refractivity contribution in [1.29, 1.82) is 0 Å². The highest BCUT2D eigenvalue weighted by Crippen LogP contribution is 2.52. The average Bonchev–Trinajstić information content (AvgIpc) is 3.84. The molecule has 0 atom stereocenters. The standard InChI is InChI=1S/C55H55N3O10S3/c1-54(2)46(56(32-10-34-70(62,63)64)44-26-20-36-12-5-7-16-42(36)50(44)54)28-22-38-14-9-15-39(52(38)69-41-24-18-40(19-25-41)53(61)68-58-48(59)30-31-49(58)60)23-29-47-55(3,4)51-43-17-8-6-13-37(43)21-27-45(51)57(47)33-11-35-71(65,66)67/h5-8,12-13,16-29H,9-11,14-15,30-35H2,1-4H3,(H-,62,63,64,65,66,67). The summed E-state index contributed by atoms with van der Waals surface area (Å²) >= 11 is 1.54. The number of amides is 2.